The van der Waals surface area contributed by atoms with Crippen molar-refractivity contribution in [3.63, 3.8) is 0 Å². The lowest BCUT2D eigenvalue weighted by molar-refractivity contribution is 0.401. The third kappa shape index (κ3) is 1.88. The molecule has 0 aliphatic rings. The Bertz CT molecular complexity index is 804. The number of hydrogen-bond acceptors (Lipinski definition) is 5. The summed E-state index contributed by atoms with van der Waals surface area (Å²) in [5.41, 5.74) is 7.50. The van der Waals surface area contributed by atoms with E-state index >= 15 is 0 Å². The molecular weight excluding hydrogens is 329 g/mol. The summed E-state index contributed by atoms with van der Waals surface area (Å²) in [6.45, 7) is 0. The molecule has 3 rings (SSSR count). The van der Waals surface area contributed by atoms with E-state index in [9.17, 15) is 4.39 Å². The summed E-state index contributed by atoms with van der Waals surface area (Å²) in [6, 6.07) is 4.52. The normalized spacial score (nSPS) is 10.9. The van der Waals surface area contributed by atoms with Crippen molar-refractivity contribution < 1.29 is 9.13 Å². The number of fused-ring (bicyclic) bond motifs is 1. The molecule has 8 heteroatoms. The highest BCUT2D eigenvalue weighted by molar-refractivity contribution is 9.10. The van der Waals surface area contributed by atoms with Crippen molar-refractivity contribution in [3.05, 3.63) is 34.8 Å². The Balaban J connectivity index is 2.30. The van der Waals surface area contributed by atoms with Crippen LogP contribution in [-0.4, -0.2) is 26.6 Å². The Labute approximate surface area is 121 Å². The van der Waals surface area contributed by atoms with Crippen molar-refractivity contribution in [2.75, 3.05) is 12.8 Å². The Hall–Kier alpha value is -2.22. The molecule has 2 N–H and O–H groups in total. The number of aromatic nitrogens is 4. The number of nitrogens with two attached hydrogens (primary N) is 1. The van der Waals surface area contributed by atoms with E-state index < -0.39 is 0 Å². The average Bonchev–Trinajstić information content (AvgIpc) is 2.78. The van der Waals surface area contributed by atoms with Gasteiger partial charge in [0.1, 0.15) is 12.1 Å². The Morgan fingerprint density at radius 1 is 1.35 bits per heavy atom. The van der Waals surface area contributed by atoms with Crippen molar-refractivity contribution in [2.45, 2.75) is 0 Å². The first-order chi connectivity index (χ1) is 9.61. The Morgan fingerprint density at radius 3 is 2.85 bits per heavy atom. The van der Waals surface area contributed by atoms with Crippen molar-refractivity contribution in [1.82, 2.24) is 19.5 Å². The lowest BCUT2D eigenvalue weighted by Gasteiger charge is -2.06. The lowest BCUT2D eigenvalue weighted by atomic mass is 10.3. The fourth-order valence-corrected chi connectivity index (χ4v) is 2.28. The number of methoxy groups -OCH3 is 1. The largest absolute Gasteiger partial charge is 0.479 e. The van der Waals surface area contributed by atoms with Gasteiger partial charge in [0.05, 0.1) is 17.3 Å². The minimum atomic E-state index is -0.357. The van der Waals surface area contributed by atoms with E-state index in [1.54, 1.807) is 16.7 Å². The summed E-state index contributed by atoms with van der Waals surface area (Å²) in [7, 11) is 1.49. The first-order valence-electron chi connectivity index (χ1n) is 5.60. The van der Waals surface area contributed by atoms with E-state index in [2.05, 4.69) is 30.9 Å². The second-order valence-electron chi connectivity index (χ2n) is 3.96. The summed E-state index contributed by atoms with van der Waals surface area (Å²) in [6.07, 6.45) is 1.36. The predicted molar refractivity (Wildman–Crippen MR) is 75.3 cm³/mol. The van der Waals surface area contributed by atoms with Crippen molar-refractivity contribution in [2.24, 2.45) is 0 Å². The van der Waals surface area contributed by atoms with E-state index in [4.69, 9.17) is 10.5 Å². The van der Waals surface area contributed by atoms with Gasteiger partial charge in [0, 0.05) is 0 Å². The highest BCUT2D eigenvalue weighted by atomic mass is 79.9. The van der Waals surface area contributed by atoms with Crippen LogP contribution in [0.25, 0.3) is 16.9 Å². The number of ether oxygens (including phenoxy) is 1. The average molecular weight is 338 g/mol. The Morgan fingerprint density at radius 2 is 2.15 bits per heavy atom. The van der Waals surface area contributed by atoms with E-state index in [1.165, 1.54) is 19.5 Å². The number of benzene rings is 1. The van der Waals surface area contributed by atoms with E-state index in [-0.39, 0.29) is 11.8 Å². The molecule has 0 bridgehead atoms. The smallest absolute Gasteiger partial charge is 0.245 e. The molecule has 2 aromatic heterocycles. The van der Waals surface area contributed by atoms with E-state index in [0.717, 1.165) is 0 Å². The number of nitrogen functional groups attached to an aromatic ring is 1. The zero-order valence-corrected chi connectivity index (χ0v) is 11.9. The molecule has 0 fully saturated rings. The van der Waals surface area contributed by atoms with E-state index in [0.29, 0.717) is 27.2 Å². The van der Waals surface area contributed by atoms with Gasteiger partial charge in [-0.25, -0.2) is 14.4 Å². The molecule has 102 valence electrons. The fraction of sp³-hybridized carbons (Fsp3) is 0.0833. The van der Waals surface area contributed by atoms with Gasteiger partial charge < -0.3 is 10.5 Å². The summed E-state index contributed by atoms with van der Waals surface area (Å²) in [5, 5.41) is 0. The second-order valence-corrected chi connectivity index (χ2v) is 4.81. The van der Waals surface area contributed by atoms with Crippen LogP contribution < -0.4 is 10.5 Å². The summed E-state index contributed by atoms with van der Waals surface area (Å²) in [5.74, 6) is 0.197. The molecule has 3 aromatic rings. The molecule has 0 aliphatic carbocycles. The minimum absolute atomic E-state index is 0.220. The monoisotopic (exact) mass is 337 g/mol. The molecule has 2 heterocycles. The number of halogens is 2. The SMILES string of the molecule is COc1ncnc2c1nc(N)n2-c1ccc(F)c(Br)c1. The molecule has 0 unspecified atom stereocenters. The van der Waals surface area contributed by atoms with Gasteiger partial charge in [-0.3, -0.25) is 4.57 Å². The maximum absolute atomic E-state index is 13.3. The van der Waals surface area contributed by atoms with Gasteiger partial charge in [-0.2, -0.15) is 4.98 Å². The highest BCUT2D eigenvalue weighted by Gasteiger charge is 2.16. The van der Waals surface area contributed by atoms with Crippen LogP contribution in [0.1, 0.15) is 0 Å². The molecule has 0 atom stereocenters. The molecule has 6 nitrogen and oxygen atoms in total. The van der Waals surface area contributed by atoms with Crippen LogP contribution in [0, 0.1) is 5.82 Å². The number of rotatable bonds is 2. The summed E-state index contributed by atoms with van der Waals surface area (Å²) < 4.78 is 20.4. The maximum Gasteiger partial charge on any atom is 0.245 e. The first-order valence-corrected chi connectivity index (χ1v) is 6.39. The van der Waals surface area contributed by atoms with Crippen molar-refractivity contribution >= 4 is 33.0 Å². The molecule has 0 radical (unpaired) electrons. The molecular formula is C12H9BrFN5O. The number of imidazole rings is 1. The molecule has 20 heavy (non-hydrogen) atoms. The fourth-order valence-electron chi connectivity index (χ4n) is 1.92. The van der Waals surface area contributed by atoms with Crippen LogP contribution in [0.5, 0.6) is 5.88 Å². The summed E-state index contributed by atoms with van der Waals surface area (Å²) in [4.78, 5) is 12.3. The van der Waals surface area contributed by atoms with Crippen LogP contribution in [0.3, 0.4) is 0 Å². The maximum atomic E-state index is 13.3. The third-order valence-corrected chi connectivity index (χ3v) is 3.40. The zero-order valence-electron chi connectivity index (χ0n) is 10.3. The van der Waals surface area contributed by atoms with Gasteiger partial charge in [-0.05, 0) is 34.1 Å². The van der Waals surface area contributed by atoms with Gasteiger partial charge in [0.15, 0.2) is 11.2 Å². The minimum Gasteiger partial charge on any atom is -0.479 e. The van der Waals surface area contributed by atoms with Crippen LogP contribution in [-0.2, 0) is 0 Å². The van der Waals surface area contributed by atoms with Gasteiger partial charge in [0.25, 0.3) is 0 Å². The molecule has 1 aromatic carbocycles. The molecule has 0 saturated heterocycles. The zero-order chi connectivity index (χ0) is 14.3. The molecule has 0 aliphatic heterocycles. The van der Waals surface area contributed by atoms with Gasteiger partial charge in [0.2, 0.25) is 11.8 Å². The van der Waals surface area contributed by atoms with Crippen LogP contribution in [0.15, 0.2) is 29.0 Å². The topological polar surface area (TPSA) is 78.8 Å². The second kappa shape index (κ2) is 4.71. The molecule has 0 amide bonds. The molecule has 0 spiro atoms. The van der Waals surface area contributed by atoms with Crippen LogP contribution in [0.4, 0.5) is 10.3 Å². The number of nitrogens with zero attached hydrogens (tertiary/aromatic N) is 4. The third-order valence-electron chi connectivity index (χ3n) is 2.79. The quantitative estimate of drug-likeness (QED) is 0.776. The van der Waals surface area contributed by atoms with Crippen molar-refractivity contribution in [1.29, 1.82) is 0 Å². The molecule has 0 saturated carbocycles. The number of anilines is 1. The van der Waals surface area contributed by atoms with Gasteiger partial charge >= 0.3 is 0 Å². The Kier molecular flexibility index (Phi) is 3.01. The predicted octanol–water partition coefficient (Wildman–Crippen LogP) is 2.31. The lowest BCUT2D eigenvalue weighted by Crippen LogP contribution is -2.02. The van der Waals surface area contributed by atoms with Gasteiger partial charge in [-0.15, -0.1) is 0 Å². The number of hydrogen-bond donors (Lipinski definition) is 1. The van der Waals surface area contributed by atoms with Gasteiger partial charge in [-0.1, -0.05) is 0 Å². The first kappa shape index (κ1) is 12.8. The summed E-state index contributed by atoms with van der Waals surface area (Å²) >= 11 is 3.14. The van der Waals surface area contributed by atoms with Crippen molar-refractivity contribution in [3.8, 4) is 11.6 Å². The standard InChI is InChI=1S/C12H9BrFN5O/c1-20-11-9-10(16-5-17-11)19(12(15)18-9)6-2-3-8(14)7(13)4-6/h2-5H,1H3,(H2,15,18). The van der Waals surface area contributed by atoms with E-state index in [1.807, 2.05) is 0 Å². The van der Waals surface area contributed by atoms with Crippen LogP contribution in [0.2, 0.25) is 0 Å². The van der Waals surface area contributed by atoms with Crippen LogP contribution >= 0.6 is 15.9 Å². The highest BCUT2D eigenvalue weighted by Crippen LogP contribution is 2.28.